The molecule has 12 nitrogen and oxygen atoms in total. The first-order valence-electron chi connectivity index (χ1n) is 17.9. The first-order valence-corrected chi connectivity index (χ1v) is 18.3. The standard InChI is InChI=1S/C40H41ClF3N5O7/c1-23-18-48(22-36(55-23)38(50)47-11-10-24-12-27(40(42,43)44)13-31(41)30(24)21-47)33-17-45-16-32-37(33)56-39(46-32)49(19-25-6-8-28(51-2)14-34(25)53-4)20-26-7-9-29(52-3)15-35(26)54-5/h6-9,12-17,23,36H,10-11,18-22H2,1-5H3. The number of hydrogen-bond acceptors (Lipinski definition) is 11. The normalized spacial score (nSPS) is 17.1. The molecular weight excluding hydrogens is 755 g/mol. The van der Waals surface area contributed by atoms with Crippen LogP contribution in [0.1, 0.15) is 34.7 Å². The van der Waals surface area contributed by atoms with Gasteiger partial charge in [0.2, 0.25) is 0 Å². The van der Waals surface area contributed by atoms with E-state index in [0.29, 0.717) is 76.6 Å². The van der Waals surface area contributed by atoms with Gasteiger partial charge in [0, 0.05) is 47.9 Å². The highest BCUT2D eigenvalue weighted by Gasteiger charge is 2.38. The average Bonchev–Trinajstić information content (AvgIpc) is 3.64. The van der Waals surface area contributed by atoms with Gasteiger partial charge in [0.05, 0.1) is 72.1 Å². The maximum Gasteiger partial charge on any atom is 0.416 e. The van der Waals surface area contributed by atoms with Gasteiger partial charge in [-0.2, -0.15) is 18.2 Å². The molecule has 16 heteroatoms. The van der Waals surface area contributed by atoms with Gasteiger partial charge in [0.15, 0.2) is 11.7 Å². The van der Waals surface area contributed by atoms with Crippen molar-refractivity contribution in [1.82, 2.24) is 14.9 Å². The van der Waals surface area contributed by atoms with Gasteiger partial charge in [0.25, 0.3) is 11.9 Å². The lowest BCUT2D eigenvalue weighted by molar-refractivity contribution is -0.149. The fourth-order valence-corrected chi connectivity index (χ4v) is 7.51. The fourth-order valence-electron chi connectivity index (χ4n) is 7.22. The number of fused-ring (bicyclic) bond motifs is 2. The Kier molecular flexibility index (Phi) is 11.1. The molecular formula is C40H41ClF3N5O7. The number of amides is 1. The second kappa shape index (κ2) is 16.0. The largest absolute Gasteiger partial charge is 0.497 e. The Labute approximate surface area is 326 Å². The van der Waals surface area contributed by atoms with Gasteiger partial charge in [-0.3, -0.25) is 9.78 Å². The minimum Gasteiger partial charge on any atom is -0.497 e. The number of morpholine rings is 1. The summed E-state index contributed by atoms with van der Waals surface area (Å²) in [6.45, 7) is 3.47. The van der Waals surface area contributed by atoms with Gasteiger partial charge in [-0.1, -0.05) is 11.6 Å². The summed E-state index contributed by atoms with van der Waals surface area (Å²) in [7, 11) is 6.38. The van der Waals surface area contributed by atoms with Gasteiger partial charge in [0.1, 0.15) is 34.2 Å². The minimum atomic E-state index is -4.52. The number of nitrogens with zero attached hydrogens (tertiary/aromatic N) is 5. The fraction of sp³-hybridized carbons (Fsp3) is 0.375. The predicted molar refractivity (Wildman–Crippen MR) is 203 cm³/mol. The number of anilines is 2. The van der Waals surface area contributed by atoms with Crippen molar-refractivity contribution in [3.8, 4) is 23.0 Å². The topological polar surface area (TPSA) is 112 Å². The molecule has 7 rings (SSSR count). The maximum atomic E-state index is 14.0. The Morgan fingerprint density at radius 3 is 2.20 bits per heavy atom. The smallest absolute Gasteiger partial charge is 0.416 e. The van der Waals surface area contributed by atoms with Crippen LogP contribution in [0, 0.1) is 0 Å². The number of carbonyl (C=O) groups excluding carboxylic acids is 1. The van der Waals surface area contributed by atoms with E-state index in [4.69, 9.17) is 44.7 Å². The maximum absolute atomic E-state index is 14.0. The molecule has 0 N–H and O–H groups in total. The highest BCUT2D eigenvalue weighted by atomic mass is 35.5. The van der Waals surface area contributed by atoms with Crippen LogP contribution in [-0.4, -0.2) is 81.1 Å². The highest BCUT2D eigenvalue weighted by molar-refractivity contribution is 6.31. The third kappa shape index (κ3) is 7.96. The van der Waals surface area contributed by atoms with E-state index in [1.54, 1.807) is 45.7 Å². The number of halogens is 4. The number of benzene rings is 3. The molecule has 5 aromatic rings. The summed E-state index contributed by atoms with van der Waals surface area (Å²) in [6, 6.07) is 13.5. The number of hydrogen-bond donors (Lipinski definition) is 0. The van der Waals surface area contributed by atoms with Crippen LogP contribution in [0.2, 0.25) is 5.02 Å². The lowest BCUT2D eigenvalue weighted by Gasteiger charge is -2.40. The van der Waals surface area contributed by atoms with E-state index in [2.05, 4.69) is 4.98 Å². The molecule has 3 aromatic carbocycles. The van der Waals surface area contributed by atoms with E-state index in [9.17, 15) is 18.0 Å². The number of oxazole rings is 1. The van der Waals surface area contributed by atoms with Crippen molar-refractivity contribution in [3.05, 3.63) is 93.8 Å². The molecule has 0 radical (unpaired) electrons. The summed E-state index contributed by atoms with van der Waals surface area (Å²) in [6.07, 6.45) is -2.20. The number of ether oxygens (including phenoxy) is 5. The molecule has 0 bridgehead atoms. The molecule has 1 amide bonds. The molecule has 2 unspecified atom stereocenters. The van der Waals surface area contributed by atoms with Crippen LogP contribution < -0.4 is 28.7 Å². The third-order valence-corrected chi connectivity index (χ3v) is 10.4. The van der Waals surface area contributed by atoms with E-state index in [1.165, 1.54) is 0 Å². The van der Waals surface area contributed by atoms with E-state index in [-0.39, 0.29) is 43.1 Å². The van der Waals surface area contributed by atoms with Crippen LogP contribution in [0.15, 0.2) is 65.3 Å². The van der Waals surface area contributed by atoms with Gasteiger partial charge >= 0.3 is 6.18 Å². The Balaban J connectivity index is 1.18. The summed E-state index contributed by atoms with van der Waals surface area (Å²) >= 11 is 6.33. The first-order chi connectivity index (χ1) is 26.9. The van der Waals surface area contributed by atoms with E-state index < -0.39 is 17.8 Å². The van der Waals surface area contributed by atoms with E-state index >= 15 is 0 Å². The summed E-state index contributed by atoms with van der Waals surface area (Å²) in [5.41, 5.74) is 3.51. The van der Waals surface area contributed by atoms with Gasteiger partial charge in [-0.25, -0.2) is 0 Å². The second-order valence-electron chi connectivity index (χ2n) is 13.7. The SMILES string of the molecule is COc1ccc(CN(Cc2ccc(OC)cc2OC)c2nc3cncc(N4CC(C)OC(C(=O)N5CCc6cc(C(F)(F)F)cc(Cl)c6C5)C4)c3o2)c(OC)c1. The van der Waals surface area contributed by atoms with Crippen molar-refractivity contribution in [1.29, 1.82) is 0 Å². The molecule has 2 aliphatic heterocycles. The molecule has 56 heavy (non-hydrogen) atoms. The predicted octanol–water partition coefficient (Wildman–Crippen LogP) is 7.31. The Bertz CT molecular complexity index is 2180. The third-order valence-electron chi connectivity index (χ3n) is 10.1. The monoisotopic (exact) mass is 795 g/mol. The molecule has 2 aromatic heterocycles. The van der Waals surface area contributed by atoms with Crippen LogP contribution in [0.4, 0.5) is 24.9 Å². The van der Waals surface area contributed by atoms with Gasteiger partial charge in [-0.15, -0.1) is 0 Å². The van der Waals surface area contributed by atoms with Crippen molar-refractivity contribution in [2.75, 3.05) is 57.9 Å². The van der Waals surface area contributed by atoms with Crippen molar-refractivity contribution in [2.45, 2.75) is 51.4 Å². The zero-order valence-electron chi connectivity index (χ0n) is 31.5. The lowest BCUT2D eigenvalue weighted by Crippen LogP contribution is -2.54. The highest BCUT2D eigenvalue weighted by Crippen LogP contribution is 2.38. The quantitative estimate of drug-likeness (QED) is 0.134. The number of carbonyl (C=O) groups is 1. The Morgan fingerprint density at radius 1 is 0.929 bits per heavy atom. The molecule has 2 atom stereocenters. The molecule has 1 saturated heterocycles. The van der Waals surface area contributed by atoms with Crippen molar-refractivity contribution >= 4 is 40.3 Å². The average molecular weight is 796 g/mol. The van der Waals surface area contributed by atoms with Crippen LogP contribution in [-0.2, 0) is 41.8 Å². The second-order valence-corrected chi connectivity index (χ2v) is 14.1. The van der Waals surface area contributed by atoms with E-state index in [1.807, 2.05) is 53.1 Å². The minimum absolute atomic E-state index is 0.0179. The first kappa shape index (κ1) is 38.8. The Morgan fingerprint density at radius 2 is 1.59 bits per heavy atom. The zero-order chi connectivity index (χ0) is 39.7. The van der Waals surface area contributed by atoms with Gasteiger partial charge in [-0.05, 0) is 60.9 Å². The number of aromatic nitrogens is 2. The molecule has 0 saturated carbocycles. The molecule has 4 heterocycles. The van der Waals surface area contributed by atoms with Crippen LogP contribution in [0.25, 0.3) is 11.1 Å². The van der Waals surface area contributed by atoms with Crippen LogP contribution >= 0.6 is 11.6 Å². The molecule has 2 aliphatic rings. The van der Waals surface area contributed by atoms with Crippen molar-refractivity contribution in [3.63, 3.8) is 0 Å². The molecule has 0 aliphatic carbocycles. The lowest BCUT2D eigenvalue weighted by atomic mass is 9.96. The number of pyridine rings is 1. The van der Waals surface area contributed by atoms with Crippen LogP contribution in [0.5, 0.6) is 23.0 Å². The van der Waals surface area contributed by atoms with Crippen molar-refractivity contribution < 1.29 is 46.1 Å². The summed E-state index contributed by atoms with van der Waals surface area (Å²) < 4.78 is 75.4. The number of alkyl halides is 3. The molecule has 1 fully saturated rings. The van der Waals surface area contributed by atoms with Crippen LogP contribution in [0.3, 0.4) is 0 Å². The molecule has 0 spiro atoms. The van der Waals surface area contributed by atoms with Gasteiger partial charge < -0.3 is 42.8 Å². The van der Waals surface area contributed by atoms with E-state index in [0.717, 1.165) is 23.3 Å². The Hall–Kier alpha value is -5.41. The van der Waals surface area contributed by atoms with Crippen molar-refractivity contribution in [2.24, 2.45) is 0 Å². The molecule has 296 valence electrons. The summed E-state index contributed by atoms with van der Waals surface area (Å²) in [5, 5.41) is -0.0179. The number of methoxy groups -OCH3 is 4. The summed E-state index contributed by atoms with van der Waals surface area (Å²) in [4.78, 5) is 28.9. The summed E-state index contributed by atoms with van der Waals surface area (Å²) in [5.74, 6) is 2.26. The zero-order valence-corrected chi connectivity index (χ0v) is 32.2. The number of rotatable bonds is 11.